The van der Waals surface area contributed by atoms with Crippen molar-refractivity contribution < 1.29 is 18.3 Å². The first-order chi connectivity index (χ1) is 8.65. The number of amides is 1. The normalized spacial score (nSPS) is 19.4. The molecule has 0 aromatic heterocycles. The maximum absolute atomic E-state index is 12.0. The number of aliphatic hydroxyl groups is 1. The Balaban J connectivity index is 2.41. The third-order valence-corrected chi connectivity index (χ3v) is 4.77. The van der Waals surface area contributed by atoms with Crippen molar-refractivity contribution in [1.82, 2.24) is 9.62 Å². The number of hydrogen-bond acceptors (Lipinski definition) is 4. The molecule has 1 amide bonds. The average molecular weight is 292 g/mol. The summed E-state index contributed by atoms with van der Waals surface area (Å²) in [6.07, 6.45) is 2.30. The first-order valence-electron chi connectivity index (χ1n) is 6.49. The van der Waals surface area contributed by atoms with Gasteiger partial charge in [0.05, 0.1) is 6.26 Å². The SMILES string of the molecule is CC(C)(CO)CNC(=O)C1CCN(S(C)(=O)=O)CC1. The van der Waals surface area contributed by atoms with Crippen molar-refractivity contribution in [1.29, 1.82) is 0 Å². The van der Waals surface area contributed by atoms with Gasteiger partial charge in [0, 0.05) is 37.6 Å². The minimum Gasteiger partial charge on any atom is -0.396 e. The van der Waals surface area contributed by atoms with Gasteiger partial charge in [-0.25, -0.2) is 12.7 Å². The molecule has 1 aliphatic heterocycles. The Morgan fingerprint density at radius 2 is 1.89 bits per heavy atom. The number of aliphatic hydroxyl groups excluding tert-OH is 1. The van der Waals surface area contributed by atoms with Crippen LogP contribution in [-0.2, 0) is 14.8 Å². The molecule has 0 unspecified atom stereocenters. The fraction of sp³-hybridized carbons (Fsp3) is 0.917. The van der Waals surface area contributed by atoms with Crippen LogP contribution in [0.5, 0.6) is 0 Å². The van der Waals surface area contributed by atoms with Crippen molar-refractivity contribution in [3.8, 4) is 0 Å². The van der Waals surface area contributed by atoms with E-state index in [1.165, 1.54) is 10.6 Å². The quantitative estimate of drug-likeness (QED) is 0.734. The summed E-state index contributed by atoms with van der Waals surface area (Å²) in [5.41, 5.74) is -0.330. The minimum atomic E-state index is -3.15. The summed E-state index contributed by atoms with van der Waals surface area (Å²) in [6, 6.07) is 0. The van der Waals surface area contributed by atoms with Crippen LogP contribution in [0.25, 0.3) is 0 Å². The standard InChI is InChI=1S/C12H24N2O4S/c1-12(2,9-15)8-13-11(16)10-4-6-14(7-5-10)19(3,17)18/h10,15H,4-9H2,1-3H3,(H,13,16). The molecular formula is C12H24N2O4S. The van der Waals surface area contributed by atoms with Gasteiger partial charge in [-0.3, -0.25) is 4.79 Å². The van der Waals surface area contributed by atoms with E-state index in [0.717, 1.165) is 0 Å². The lowest BCUT2D eigenvalue weighted by Crippen LogP contribution is -2.44. The van der Waals surface area contributed by atoms with Gasteiger partial charge >= 0.3 is 0 Å². The molecule has 1 rings (SSSR count). The number of piperidine rings is 1. The van der Waals surface area contributed by atoms with Crippen LogP contribution in [0.15, 0.2) is 0 Å². The Kier molecular flexibility index (Phi) is 5.34. The summed E-state index contributed by atoms with van der Waals surface area (Å²) < 4.78 is 24.1. The molecule has 0 bridgehead atoms. The lowest BCUT2D eigenvalue weighted by molar-refractivity contribution is -0.126. The summed E-state index contributed by atoms with van der Waals surface area (Å²) in [4.78, 5) is 12.0. The molecule has 0 aliphatic carbocycles. The van der Waals surface area contributed by atoms with Crippen LogP contribution in [0.4, 0.5) is 0 Å². The highest BCUT2D eigenvalue weighted by Crippen LogP contribution is 2.20. The molecular weight excluding hydrogens is 268 g/mol. The van der Waals surface area contributed by atoms with Crippen LogP contribution >= 0.6 is 0 Å². The number of carbonyl (C=O) groups is 1. The van der Waals surface area contributed by atoms with Gasteiger partial charge in [-0.15, -0.1) is 0 Å². The summed E-state index contributed by atoms with van der Waals surface area (Å²) in [5, 5.41) is 11.9. The van der Waals surface area contributed by atoms with Crippen molar-refractivity contribution >= 4 is 15.9 Å². The van der Waals surface area contributed by atoms with Crippen LogP contribution < -0.4 is 5.32 Å². The minimum absolute atomic E-state index is 0.0137. The van der Waals surface area contributed by atoms with Crippen molar-refractivity contribution in [3.05, 3.63) is 0 Å². The van der Waals surface area contributed by atoms with Gasteiger partial charge in [0.15, 0.2) is 0 Å². The van der Waals surface area contributed by atoms with Crippen LogP contribution in [0.3, 0.4) is 0 Å². The number of rotatable bonds is 5. The molecule has 0 aromatic rings. The maximum Gasteiger partial charge on any atom is 0.223 e. The first-order valence-corrected chi connectivity index (χ1v) is 8.34. The molecule has 1 heterocycles. The molecule has 1 saturated heterocycles. The number of nitrogens with one attached hydrogen (secondary N) is 1. The van der Waals surface area contributed by atoms with Crippen LogP contribution in [0, 0.1) is 11.3 Å². The van der Waals surface area contributed by atoms with E-state index >= 15 is 0 Å². The fourth-order valence-electron chi connectivity index (χ4n) is 1.98. The molecule has 0 atom stereocenters. The zero-order valence-corrected chi connectivity index (χ0v) is 12.7. The smallest absolute Gasteiger partial charge is 0.223 e. The van der Waals surface area contributed by atoms with E-state index in [0.29, 0.717) is 32.5 Å². The van der Waals surface area contributed by atoms with Crippen molar-refractivity contribution in [2.24, 2.45) is 11.3 Å². The lowest BCUT2D eigenvalue weighted by Gasteiger charge is -2.30. The highest BCUT2D eigenvalue weighted by atomic mass is 32.2. The van der Waals surface area contributed by atoms with Crippen molar-refractivity contribution in [3.63, 3.8) is 0 Å². The van der Waals surface area contributed by atoms with Crippen molar-refractivity contribution in [2.75, 3.05) is 32.5 Å². The number of carbonyl (C=O) groups excluding carboxylic acids is 1. The fourth-order valence-corrected chi connectivity index (χ4v) is 2.85. The molecule has 1 aliphatic rings. The molecule has 0 saturated carbocycles. The summed E-state index contributed by atoms with van der Waals surface area (Å²) in [5.74, 6) is -0.179. The van der Waals surface area contributed by atoms with E-state index in [1.807, 2.05) is 13.8 Å². The molecule has 6 nitrogen and oxygen atoms in total. The Hall–Kier alpha value is -0.660. The van der Waals surface area contributed by atoms with Crippen LogP contribution in [0.1, 0.15) is 26.7 Å². The van der Waals surface area contributed by atoms with Gasteiger partial charge in [-0.1, -0.05) is 13.8 Å². The molecule has 0 aromatic carbocycles. The number of hydrogen-bond donors (Lipinski definition) is 2. The van der Waals surface area contributed by atoms with Crippen molar-refractivity contribution in [2.45, 2.75) is 26.7 Å². The largest absolute Gasteiger partial charge is 0.396 e. The molecule has 112 valence electrons. The molecule has 1 fully saturated rings. The second kappa shape index (κ2) is 6.19. The van der Waals surface area contributed by atoms with E-state index in [-0.39, 0.29) is 23.8 Å². The summed E-state index contributed by atoms with van der Waals surface area (Å²) >= 11 is 0. The predicted octanol–water partition coefficient (Wildman–Crippen LogP) is -0.207. The predicted molar refractivity (Wildman–Crippen MR) is 73.0 cm³/mol. The first kappa shape index (κ1) is 16.4. The molecule has 0 spiro atoms. The highest BCUT2D eigenvalue weighted by Gasteiger charge is 2.29. The van der Waals surface area contributed by atoms with Gasteiger partial charge in [-0.05, 0) is 12.8 Å². The van der Waals surface area contributed by atoms with E-state index in [2.05, 4.69) is 5.32 Å². The maximum atomic E-state index is 12.0. The monoisotopic (exact) mass is 292 g/mol. The Labute approximate surface area is 115 Å². The van der Waals surface area contributed by atoms with E-state index < -0.39 is 10.0 Å². The molecule has 7 heteroatoms. The number of sulfonamides is 1. The second-order valence-electron chi connectivity index (χ2n) is 5.98. The zero-order valence-electron chi connectivity index (χ0n) is 11.8. The van der Waals surface area contributed by atoms with E-state index in [9.17, 15) is 13.2 Å². The van der Waals surface area contributed by atoms with Gasteiger partial charge in [0.25, 0.3) is 0 Å². The van der Waals surface area contributed by atoms with Gasteiger partial charge in [0.2, 0.25) is 15.9 Å². The average Bonchev–Trinajstić information content (AvgIpc) is 2.35. The topological polar surface area (TPSA) is 86.7 Å². The van der Waals surface area contributed by atoms with Crippen LogP contribution in [0.2, 0.25) is 0 Å². The Morgan fingerprint density at radius 3 is 2.32 bits per heavy atom. The summed E-state index contributed by atoms with van der Waals surface area (Å²) in [6.45, 7) is 4.99. The van der Waals surface area contributed by atoms with Gasteiger partial charge < -0.3 is 10.4 Å². The van der Waals surface area contributed by atoms with E-state index in [1.54, 1.807) is 0 Å². The Bertz CT molecular complexity index is 411. The second-order valence-corrected chi connectivity index (χ2v) is 7.96. The Morgan fingerprint density at radius 1 is 1.37 bits per heavy atom. The molecule has 19 heavy (non-hydrogen) atoms. The molecule has 2 N–H and O–H groups in total. The zero-order chi connectivity index (χ0) is 14.7. The number of nitrogens with zero attached hydrogens (tertiary/aromatic N) is 1. The van der Waals surface area contributed by atoms with E-state index in [4.69, 9.17) is 5.11 Å². The van der Waals surface area contributed by atoms with Gasteiger partial charge in [0.1, 0.15) is 0 Å². The van der Waals surface area contributed by atoms with Gasteiger partial charge in [-0.2, -0.15) is 0 Å². The third kappa shape index (κ3) is 5.08. The third-order valence-electron chi connectivity index (χ3n) is 3.46. The lowest BCUT2D eigenvalue weighted by atomic mass is 9.93. The van der Waals surface area contributed by atoms with Crippen LogP contribution in [-0.4, -0.2) is 56.2 Å². The highest BCUT2D eigenvalue weighted by molar-refractivity contribution is 7.88. The molecule has 0 radical (unpaired) electrons. The summed E-state index contributed by atoms with van der Waals surface area (Å²) in [7, 11) is -3.15.